The third kappa shape index (κ3) is 2.79. The zero-order valence-corrected chi connectivity index (χ0v) is 12.1. The molecule has 0 radical (unpaired) electrons. The second-order valence-corrected chi connectivity index (χ2v) is 5.11. The van der Waals surface area contributed by atoms with Gasteiger partial charge in [-0.15, -0.1) is 0 Å². The summed E-state index contributed by atoms with van der Waals surface area (Å²) in [5.74, 6) is 0.212. The lowest BCUT2D eigenvalue weighted by molar-refractivity contribution is -0.118. The molecule has 2 N–H and O–H groups in total. The molecule has 0 aromatic heterocycles. The van der Waals surface area contributed by atoms with Crippen molar-refractivity contribution in [2.45, 2.75) is 12.5 Å². The number of ether oxygens (including phenoxy) is 1. The summed E-state index contributed by atoms with van der Waals surface area (Å²) in [5.41, 5.74) is 2.32. The standard InChI is InChI=1S/C17H16N2O3/c1-22-13-8-6-11(7-9-13)16(20)19-15-10-12-4-2-3-5-14(12)18-17(15)21/h2-9,15H,10H2,1H3,(H,18,21)(H,19,20)/t15-/m1/s1. The third-order valence-electron chi connectivity index (χ3n) is 3.67. The van der Waals surface area contributed by atoms with E-state index < -0.39 is 6.04 Å². The van der Waals surface area contributed by atoms with Crippen LogP contribution in [0.15, 0.2) is 48.5 Å². The summed E-state index contributed by atoms with van der Waals surface area (Å²) in [4.78, 5) is 24.3. The second-order valence-electron chi connectivity index (χ2n) is 5.11. The summed E-state index contributed by atoms with van der Waals surface area (Å²) < 4.78 is 5.06. The van der Waals surface area contributed by atoms with Gasteiger partial charge >= 0.3 is 0 Å². The number of fused-ring (bicyclic) bond motifs is 1. The Hall–Kier alpha value is -2.82. The molecule has 0 bridgehead atoms. The molecule has 0 spiro atoms. The van der Waals surface area contributed by atoms with Gasteiger partial charge in [-0.1, -0.05) is 18.2 Å². The minimum atomic E-state index is -0.565. The molecule has 5 nitrogen and oxygen atoms in total. The highest BCUT2D eigenvalue weighted by atomic mass is 16.5. The van der Waals surface area contributed by atoms with Crippen LogP contribution in [0.5, 0.6) is 5.75 Å². The normalized spacial score (nSPS) is 16.4. The van der Waals surface area contributed by atoms with Gasteiger partial charge in [0, 0.05) is 17.7 Å². The Morgan fingerprint density at radius 2 is 1.91 bits per heavy atom. The number of nitrogens with one attached hydrogen (secondary N) is 2. The van der Waals surface area contributed by atoms with Crippen molar-refractivity contribution in [3.63, 3.8) is 0 Å². The highest BCUT2D eigenvalue weighted by Gasteiger charge is 2.27. The molecule has 2 aromatic rings. The van der Waals surface area contributed by atoms with Crippen LogP contribution in [0.2, 0.25) is 0 Å². The van der Waals surface area contributed by atoms with Crippen molar-refractivity contribution in [1.29, 1.82) is 0 Å². The summed E-state index contributed by atoms with van der Waals surface area (Å²) >= 11 is 0. The van der Waals surface area contributed by atoms with E-state index in [0.29, 0.717) is 17.7 Å². The number of carbonyl (C=O) groups is 2. The molecule has 5 heteroatoms. The number of benzene rings is 2. The van der Waals surface area contributed by atoms with Crippen molar-refractivity contribution < 1.29 is 14.3 Å². The van der Waals surface area contributed by atoms with Gasteiger partial charge in [0.2, 0.25) is 5.91 Å². The Kier molecular flexibility index (Phi) is 3.78. The molecule has 1 atom stereocenters. The van der Waals surface area contributed by atoms with Crippen LogP contribution in [-0.4, -0.2) is 25.0 Å². The van der Waals surface area contributed by atoms with Crippen molar-refractivity contribution in [3.8, 4) is 5.75 Å². The molecule has 0 fully saturated rings. The maximum atomic E-state index is 12.2. The van der Waals surface area contributed by atoms with E-state index in [1.807, 2.05) is 24.3 Å². The van der Waals surface area contributed by atoms with Crippen LogP contribution < -0.4 is 15.4 Å². The average Bonchev–Trinajstić information content (AvgIpc) is 2.55. The van der Waals surface area contributed by atoms with E-state index in [-0.39, 0.29) is 11.8 Å². The van der Waals surface area contributed by atoms with Crippen molar-refractivity contribution in [2.24, 2.45) is 0 Å². The molecule has 0 aliphatic carbocycles. The second kappa shape index (κ2) is 5.89. The lowest BCUT2D eigenvalue weighted by atomic mass is 9.99. The molecular formula is C17H16N2O3. The Labute approximate surface area is 128 Å². The molecule has 0 unspecified atom stereocenters. The largest absolute Gasteiger partial charge is 0.497 e. The number of rotatable bonds is 3. The maximum absolute atomic E-state index is 12.2. The number of anilines is 1. The Morgan fingerprint density at radius 1 is 1.18 bits per heavy atom. The number of carbonyl (C=O) groups excluding carboxylic acids is 2. The summed E-state index contributed by atoms with van der Waals surface area (Å²) in [7, 11) is 1.57. The molecule has 0 saturated carbocycles. The molecule has 2 aromatic carbocycles. The third-order valence-corrected chi connectivity index (χ3v) is 3.67. The van der Waals surface area contributed by atoms with Crippen molar-refractivity contribution in [1.82, 2.24) is 5.32 Å². The zero-order chi connectivity index (χ0) is 15.5. The molecule has 2 amide bonds. The van der Waals surface area contributed by atoms with Gasteiger partial charge < -0.3 is 15.4 Å². The summed E-state index contributed by atoms with van der Waals surface area (Å²) in [5, 5.41) is 5.58. The predicted octanol–water partition coefficient (Wildman–Crippen LogP) is 1.99. The van der Waals surface area contributed by atoms with Gasteiger partial charge in [0.15, 0.2) is 0 Å². The maximum Gasteiger partial charge on any atom is 0.251 e. The van der Waals surface area contributed by atoms with Crippen LogP contribution >= 0.6 is 0 Å². The molecule has 1 aliphatic rings. The number of methoxy groups -OCH3 is 1. The molecule has 0 saturated heterocycles. The first kappa shape index (κ1) is 14.1. The lowest BCUT2D eigenvalue weighted by Gasteiger charge is -2.25. The molecule has 1 aliphatic heterocycles. The van der Waals surface area contributed by atoms with Crippen LogP contribution in [-0.2, 0) is 11.2 Å². The van der Waals surface area contributed by atoms with Gasteiger partial charge in [-0.3, -0.25) is 9.59 Å². The van der Waals surface area contributed by atoms with E-state index in [2.05, 4.69) is 10.6 Å². The minimum Gasteiger partial charge on any atom is -0.497 e. The van der Waals surface area contributed by atoms with Gasteiger partial charge in [-0.25, -0.2) is 0 Å². The fourth-order valence-corrected chi connectivity index (χ4v) is 2.45. The topological polar surface area (TPSA) is 67.4 Å². The predicted molar refractivity (Wildman–Crippen MR) is 83.0 cm³/mol. The van der Waals surface area contributed by atoms with Gasteiger partial charge in [-0.2, -0.15) is 0 Å². The first-order valence-electron chi connectivity index (χ1n) is 7.01. The summed E-state index contributed by atoms with van der Waals surface area (Å²) in [6.45, 7) is 0. The van der Waals surface area contributed by atoms with E-state index in [0.717, 1.165) is 11.3 Å². The number of hydrogen-bond donors (Lipinski definition) is 2. The van der Waals surface area contributed by atoms with Gasteiger partial charge in [-0.05, 0) is 35.9 Å². The van der Waals surface area contributed by atoms with E-state index in [1.165, 1.54) is 0 Å². The molecule has 3 rings (SSSR count). The Morgan fingerprint density at radius 3 is 2.64 bits per heavy atom. The fourth-order valence-electron chi connectivity index (χ4n) is 2.45. The molecular weight excluding hydrogens is 280 g/mol. The van der Waals surface area contributed by atoms with Crippen LogP contribution in [0.1, 0.15) is 15.9 Å². The van der Waals surface area contributed by atoms with Gasteiger partial charge in [0.25, 0.3) is 5.91 Å². The van der Waals surface area contributed by atoms with Gasteiger partial charge in [0.1, 0.15) is 11.8 Å². The Bertz CT molecular complexity index is 710. The summed E-state index contributed by atoms with van der Waals surface area (Å²) in [6, 6.07) is 13.8. The fraction of sp³-hybridized carbons (Fsp3) is 0.176. The number of para-hydroxylation sites is 1. The van der Waals surface area contributed by atoms with E-state index >= 15 is 0 Å². The number of hydrogen-bond acceptors (Lipinski definition) is 3. The highest BCUT2D eigenvalue weighted by molar-refractivity contribution is 6.03. The lowest BCUT2D eigenvalue weighted by Crippen LogP contribution is -2.47. The average molecular weight is 296 g/mol. The quantitative estimate of drug-likeness (QED) is 0.910. The van der Waals surface area contributed by atoms with E-state index in [4.69, 9.17) is 4.74 Å². The van der Waals surface area contributed by atoms with Crippen LogP contribution in [0.25, 0.3) is 0 Å². The summed E-state index contributed by atoms with van der Waals surface area (Å²) in [6.07, 6.45) is 0.490. The van der Waals surface area contributed by atoms with Crippen LogP contribution in [0.3, 0.4) is 0 Å². The first-order valence-corrected chi connectivity index (χ1v) is 7.01. The Balaban J connectivity index is 1.72. The first-order chi connectivity index (χ1) is 10.7. The van der Waals surface area contributed by atoms with Crippen molar-refractivity contribution >= 4 is 17.5 Å². The van der Waals surface area contributed by atoms with Crippen LogP contribution in [0.4, 0.5) is 5.69 Å². The highest BCUT2D eigenvalue weighted by Crippen LogP contribution is 2.22. The van der Waals surface area contributed by atoms with Crippen molar-refractivity contribution in [3.05, 3.63) is 59.7 Å². The number of amides is 2. The zero-order valence-electron chi connectivity index (χ0n) is 12.1. The molecule has 112 valence electrons. The minimum absolute atomic E-state index is 0.194. The molecule has 1 heterocycles. The van der Waals surface area contributed by atoms with Crippen molar-refractivity contribution in [2.75, 3.05) is 12.4 Å². The molecule has 22 heavy (non-hydrogen) atoms. The van der Waals surface area contributed by atoms with E-state index in [9.17, 15) is 9.59 Å². The monoisotopic (exact) mass is 296 g/mol. The van der Waals surface area contributed by atoms with Gasteiger partial charge in [0.05, 0.1) is 7.11 Å². The van der Waals surface area contributed by atoms with E-state index in [1.54, 1.807) is 31.4 Å². The smallest absolute Gasteiger partial charge is 0.251 e. The SMILES string of the molecule is COc1ccc(C(=O)N[C@@H]2Cc3ccccc3NC2=O)cc1. The van der Waals surface area contributed by atoms with Crippen LogP contribution in [0, 0.1) is 0 Å².